The molecule has 0 amide bonds. The number of esters is 1. The summed E-state index contributed by atoms with van der Waals surface area (Å²) in [6.07, 6.45) is 0.543. The number of nitrogens with zero attached hydrogens (tertiary/aromatic N) is 1. The number of hydrogen-bond acceptors (Lipinski definition) is 6. The molecule has 1 aromatic carbocycles. The summed E-state index contributed by atoms with van der Waals surface area (Å²) in [5, 5.41) is 0.517. The number of benzene rings is 1. The summed E-state index contributed by atoms with van der Waals surface area (Å²) in [5.74, 6) is 0.737. The molecule has 0 spiro atoms. The number of carbonyl (C=O) groups is 1. The Morgan fingerprint density at radius 2 is 2.00 bits per heavy atom. The van der Waals surface area contributed by atoms with E-state index in [2.05, 4.69) is 9.97 Å². The molecule has 140 valence electrons. The van der Waals surface area contributed by atoms with Crippen LogP contribution in [0.5, 0.6) is 0 Å². The number of H-pyrrole nitrogens is 1. The standard InChI is InChI=1S/C20H20N2O4S/c1-3-25-19(24)17-10-9-15(26-17)12-27-20-21-13(2)16(18(23)22-20)11-14-7-5-4-6-8-14/h4-10H,3,11-12H2,1-2H3,(H,21,22,23). The third kappa shape index (κ3) is 4.89. The number of aryl methyl sites for hydroxylation is 1. The monoisotopic (exact) mass is 384 g/mol. The molecule has 0 unspecified atom stereocenters. The van der Waals surface area contributed by atoms with Gasteiger partial charge in [-0.05, 0) is 31.5 Å². The molecule has 0 fully saturated rings. The second kappa shape index (κ2) is 8.73. The van der Waals surface area contributed by atoms with Crippen LogP contribution in [0.2, 0.25) is 0 Å². The first kappa shape index (κ1) is 19.0. The average Bonchev–Trinajstić information content (AvgIpc) is 3.13. The second-order valence-corrected chi connectivity index (χ2v) is 6.84. The number of rotatable bonds is 7. The van der Waals surface area contributed by atoms with Gasteiger partial charge in [0.1, 0.15) is 5.76 Å². The average molecular weight is 384 g/mol. The normalized spacial score (nSPS) is 10.7. The predicted octanol–water partition coefficient (Wildman–Crippen LogP) is 3.73. The van der Waals surface area contributed by atoms with Gasteiger partial charge < -0.3 is 14.1 Å². The van der Waals surface area contributed by atoms with Crippen LogP contribution in [0.15, 0.2) is 56.8 Å². The molecule has 2 heterocycles. The molecule has 0 aliphatic carbocycles. The Bertz CT molecular complexity index is 979. The first-order valence-electron chi connectivity index (χ1n) is 8.59. The number of thioether (sulfide) groups is 1. The van der Waals surface area contributed by atoms with E-state index in [1.54, 1.807) is 19.1 Å². The molecule has 0 aliphatic rings. The molecule has 6 nitrogen and oxygen atoms in total. The minimum absolute atomic E-state index is 0.138. The zero-order chi connectivity index (χ0) is 19.2. The van der Waals surface area contributed by atoms with E-state index in [0.29, 0.717) is 41.0 Å². The van der Waals surface area contributed by atoms with Crippen molar-refractivity contribution in [3.05, 3.63) is 81.2 Å². The first-order chi connectivity index (χ1) is 13.1. The maximum Gasteiger partial charge on any atom is 0.374 e. The zero-order valence-electron chi connectivity index (χ0n) is 15.2. The summed E-state index contributed by atoms with van der Waals surface area (Å²) in [4.78, 5) is 31.4. The van der Waals surface area contributed by atoms with E-state index in [0.717, 1.165) is 5.56 Å². The topological polar surface area (TPSA) is 85.2 Å². The van der Waals surface area contributed by atoms with Gasteiger partial charge in [0.15, 0.2) is 5.16 Å². The lowest BCUT2D eigenvalue weighted by Gasteiger charge is -2.07. The van der Waals surface area contributed by atoms with Crippen LogP contribution in [0.4, 0.5) is 0 Å². The van der Waals surface area contributed by atoms with Crippen molar-refractivity contribution in [2.75, 3.05) is 6.61 Å². The van der Waals surface area contributed by atoms with E-state index < -0.39 is 5.97 Å². The summed E-state index contributed by atoms with van der Waals surface area (Å²) in [6, 6.07) is 13.1. The van der Waals surface area contributed by atoms with Crippen molar-refractivity contribution < 1.29 is 13.9 Å². The molecule has 1 N–H and O–H groups in total. The molecule has 0 aliphatic heterocycles. The highest BCUT2D eigenvalue weighted by Gasteiger charge is 2.13. The lowest BCUT2D eigenvalue weighted by atomic mass is 10.1. The van der Waals surface area contributed by atoms with E-state index in [-0.39, 0.29) is 11.3 Å². The summed E-state index contributed by atoms with van der Waals surface area (Å²) < 4.78 is 10.4. The van der Waals surface area contributed by atoms with E-state index >= 15 is 0 Å². The number of ether oxygens (including phenoxy) is 1. The maximum absolute atomic E-state index is 12.4. The quantitative estimate of drug-likeness (QED) is 0.379. The van der Waals surface area contributed by atoms with Crippen LogP contribution in [0.25, 0.3) is 0 Å². The van der Waals surface area contributed by atoms with Crippen LogP contribution in [-0.4, -0.2) is 22.5 Å². The SMILES string of the molecule is CCOC(=O)c1ccc(CSc2nc(C)c(Cc3ccccc3)c(=O)[nH]2)o1. The fourth-order valence-corrected chi connectivity index (χ4v) is 3.37. The third-order valence-electron chi connectivity index (χ3n) is 3.91. The van der Waals surface area contributed by atoms with Gasteiger partial charge in [-0.25, -0.2) is 9.78 Å². The van der Waals surface area contributed by atoms with Gasteiger partial charge in [-0.15, -0.1) is 0 Å². The third-order valence-corrected chi connectivity index (χ3v) is 4.81. The second-order valence-electron chi connectivity index (χ2n) is 5.87. The smallest absolute Gasteiger partial charge is 0.374 e. The fraction of sp³-hybridized carbons (Fsp3) is 0.250. The summed E-state index contributed by atoms with van der Waals surface area (Å²) in [6.45, 7) is 3.87. The molecule has 27 heavy (non-hydrogen) atoms. The Morgan fingerprint density at radius 3 is 2.70 bits per heavy atom. The van der Waals surface area contributed by atoms with Crippen molar-refractivity contribution in [1.82, 2.24) is 9.97 Å². The molecular formula is C20H20N2O4S. The molecule has 0 saturated carbocycles. The van der Waals surface area contributed by atoms with E-state index in [4.69, 9.17) is 9.15 Å². The van der Waals surface area contributed by atoms with Gasteiger partial charge >= 0.3 is 5.97 Å². The van der Waals surface area contributed by atoms with Crippen molar-refractivity contribution in [3.63, 3.8) is 0 Å². The van der Waals surface area contributed by atoms with Gasteiger partial charge in [0.05, 0.1) is 12.4 Å². The van der Waals surface area contributed by atoms with E-state index in [9.17, 15) is 9.59 Å². The maximum atomic E-state index is 12.4. The van der Waals surface area contributed by atoms with Gasteiger partial charge in [0.2, 0.25) is 5.76 Å². The Labute approximate surface area is 161 Å². The van der Waals surface area contributed by atoms with Crippen LogP contribution >= 0.6 is 11.8 Å². The van der Waals surface area contributed by atoms with Crippen LogP contribution < -0.4 is 5.56 Å². The van der Waals surface area contributed by atoms with Crippen LogP contribution in [-0.2, 0) is 16.9 Å². The van der Waals surface area contributed by atoms with Crippen molar-refractivity contribution >= 4 is 17.7 Å². The summed E-state index contributed by atoms with van der Waals surface area (Å²) in [7, 11) is 0. The fourth-order valence-electron chi connectivity index (χ4n) is 2.57. The zero-order valence-corrected chi connectivity index (χ0v) is 16.0. The number of hydrogen-bond donors (Lipinski definition) is 1. The van der Waals surface area contributed by atoms with Crippen LogP contribution in [0.3, 0.4) is 0 Å². The number of aromatic nitrogens is 2. The van der Waals surface area contributed by atoms with E-state index in [1.807, 2.05) is 37.3 Å². The van der Waals surface area contributed by atoms with Gasteiger partial charge in [-0.3, -0.25) is 4.79 Å². The Morgan fingerprint density at radius 1 is 1.22 bits per heavy atom. The van der Waals surface area contributed by atoms with Crippen molar-refractivity contribution in [2.45, 2.75) is 31.2 Å². The number of nitrogens with one attached hydrogen (secondary N) is 1. The predicted molar refractivity (Wildman–Crippen MR) is 103 cm³/mol. The van der Waals surface area contributed by atoms with Crippen molar-refractivity contribution in [1.29, 1.82) is 0 Å². The molecule has 3 rings (SSSR count). The van der Waals surface area contributed by atoms with Gasteiger partial charge in [0, 0.05) is 17.7 Å². The highest BCUT2D eigenvalue weighted by atomic mass is 32.2. The van der Waals surface area contributed by atoms with E-state index in [1.165, 1.54) is 11.8 Å². The minimum Gasteiger partial charge on any atom is -0.460 e. The van der Waals surface area contributed by atoms with Crippen LogP contribution in [0.1, 0.15) is 40.1 Å². The molecule has 0 atom stereocenters. The largest absolute Gasteiger partial charge is 0.460 e. The van der Waals surface area contributed by atoms with Gasteiger partial charge in [0.25, 0.3) is 5.56 Å². The molecule has 0 saturated heterocycles. The van der Waals surface area contributed by atoms with Crippen LogP contribution in [0, 0.1) is 6.92 Å². The summed E-state index contributed by atoms with van der Waals surface area (Å²) >= 11 is 1.34. The number of furan rings is 1. The van der Waals surface area contributed by atoms with Gasteiger partial charge in [-0.2, -0.15) is 0 Å². The minimum atomic E-state index is -0.485. The molecule has 7 heteroatoms. The molecule has 3 aromatic rings. The Balaban J connectivity index is 1.68. The first-order valence-corrected chi connectivity index (χ1v) is 9.57. The summed E-state index contributed by atoms with van der Waals surface area (Å²) in [5.41, 5.74) is 2.29. The van der Waals surface area contributed by atoms with Gasteiger partial charge in [-0.1, -0.05) is 42.1 Å². The number of carbonyl (C=O) groups excluding carboxylic acids is 1. The highest BCUT2D eigenvalue weighted by molar-refractivity contribution is 7.98. The lowest BCUT2D eigenvalue weighted by molar-refractivity contribution is 0.0488. The lowest BCUT2D eigenvalue weighted by Crippen LogP contribution is -2.17. The van der Waals surface area contributed by atoms with Crippen molar-refractivity contribution in [2.24, 2.45) is 0 Å². The molecule has 0 radical (unpaired) electrons. The Kier molecular flexibility index (Phi) is 6.13. The van der Waals surface area contributed by atoms with Crippen molar-refractivity contribution in [3.8, 4) is 0 Å². The highest BCUT2D eigenvalue weighted by Crippen LogP contribution is 2.21. The molecule has 2 aromatic heterocycles. The molecule has 0 bridgehead atoms. The number of aromatic amines is 1. The Hall–Kier alpha value is -2.80. The molecular weight excluding hydrogens is 364 g/mol.